The minimum Gasteiger partial charge on any atom is -0.395 e. The summed E-state index contributed by atoms with van der Waals surface area (Å²) in [6, 6.07) is 2.18. The Morgan fingerprint density at radius 1 is 1.44 bits per heavy atom. The van der Waals surface area contributed by atoms with E-state index >= 15 is 0 Å². The van der Waals surface area contributed by atoms with E-state index in [9.17, 15) is 0 Å². The molecule has 0 aliphatic carbocycles. The van der Waals surface area contributed by atoms with Crippen molar-refractivity contribution in [3.63, 3.8) is 0 Å². The molecule has 1 fully saturated rings. The molecular weight excluding hydrogens is 202 g/mol. The highest BCUT2D eigenvalue weighted by Crippen LogP contribution is 2.17. The van der Waals surface area contributed by atoms with Crippen molar-refractivity contribution in [1.82, 2.24) is 9.80 Å². The zero-order valence-corrected chi connectivity index (χ0v) is 10.2. The van der Waals surface area contributed by atoms with Gasteiger partial charge in [0.1, 0.15) is 0 Å². The zero-order valence-electron chi connectivity index (χ0n) is 10.2. The van der Waals surface area contributed by atoms with Crippen molar-refractivity contribution in [2.75, 3.05) is 46.4 Å². The highest BCUT2D eigenvalue weighted by Gasteiger charge is 2.19. The lowest BCUT2D eigenvalue weighted by Gasteiger charge is -2.33. The molecule has 0 bridgehead atoms. The number of β-amino-alcohol motifs (C(OH)–C–C–N with tert-alkyl or cyclic N) is 1. The van der Waals surface area contributed by atoms with Crippen molar-refractivity contribution in [3.05, 3.63) is 0 Å². The highest BCUT2D eigenvalue weighted by atomic mass is 16.3. The first kappa shape index (κ1) is 13.4. The van der Waals surface area contributed by atoms with Gasteiger partial charge in [-0.05, 0) is 38.9 Å². The van der Waals surface area contributed by atoms with Gasteiger partial charge in [0, 0.05) is 26.1 Å². The Morgan fingerprint density at radius 3 is 2.69 bits per heavy atom. The fourth-order valence-electron chi connectivity index (χ4n) is 2.31. The maximum absolute atomic E-state index is 8.85. The van der Waals surface area contributed by atoms with E-state index in [0.717, 1.165) is 38.6 Å². The van der Waals surface area contributed by atoms with Gasteiger partial charge < -0.3 is 14.9 Å². The fourth-order valence-corrected chi connectivity index (χ4v) is 2.31. The van der Waals surface area contributed by atoms with Crippen LogP contribution in [0.15, 0.2) is 0 Å². The highest BCUT2D eigenvalue weighted by molar-refractivity contribution is 4.76. The largest absolute Gasteiger partial charge is 0.395 e. The van der Waals surface area contributed by atoms with Gasteiger partial charge in [-0.1, -0.05) is 0 Å². The molecule has 4 heteroatoms. The number of hydrogen-bond donors (Lipinski definition) is 1. The Morgan fingerprint density at radius 2 is 2.12 bits per heavy atom. The summed E-state index contributed by atoms with van der Waals surface area (Å²) in [4.78, 5) is 4.58. The van der Waals surface area contributed by atoms with Crippen LogP contribution in [0.25, 0.3) is 0 Å². The molecule has 16 heavy (non-hydrogen) atoms. The smallest absolute Gasteiger partial charge is 0.0635 e. The number of nitriles is 1. The first-order valence-corrected chi connectivity index (χ1v) is 6.15. The number of aliphatic hydroxyl groups excluding tert-OH is 1. The van der Waals surface area contributed by atoms with E-state index in [-0.39, 0.29) is 6.61 Å². The number of hydrogen-bond acceptors (Lipinski definition) is 4. The van der Waals surface area contributed by atoms with Gasteiger partial charge in [-0.15, -0.1) is 0 Å². The van der Waals surface area contributed by atoms with E-state index in [1.54, 1.807) is 0 Å². The molecule has 4 nitrogen and oxygen atoms in total. The summed E-state index contributed by atoms with van der Waals surface area (Å²) < 4.78 is 0. The lowest BCUT2D eigenvalue weighted by molar-refractivity contribution is 0.131. The molecule has 0 saturated carbocycles. The average molecular weight is 225 g/mol. The molecule has 1 rings (SSSR count). The summed E-state index contributed by atoms with van der Waals surface area (Å²) in [7, 11) is 2.09. The van der Waals surface area contributed by atoms with Gasteiger partial charge in [-0.2, -0.15) is 5.26 Å². The van der Waals surface area contributed by atoms with Crippen LogP contribution in [-0.2, 0) is 0 Å². The summed E-state index contributed by atoms with van der Waals surface area (Å²) in [5, 5.41) is 17.4. The number of rotatable bonds is 6. The van der Waals surface area contributed by atoms with Crippen molar-refractivity contribution in [2.24, 2.45) is 5.92 Å². The fraction of sp³-hybridized carbons (Fsp3) is 0.917. The van der Waals surface area contributed by atoms with E-state index in [0.29, 0.717) is 6.42 Å². The van der Waals surface area contributed by atoms with Gasteiger partial charge in [-0.3, -0.25) is 0 Å². The van der Waals surface area contributed by atoms with Gasteiger partial charge in [-0.25, -0.2) is 0 Å². The van der Waals surface area contributed by atoms with Crippen molar-refractivity contribution < 1.29 is 5.11 Å². The number of likely N-dealkylation sites (tertiary alicyclic amines) is 1. The van der Waals surface area contributed by atoms with Crippen molar-refractivity contribution >= 4 is 0 Å². The van der Waals surface area contributed by atoms with Gasteiger partial charge >= 0.3 is 0 Å². The Bertz CT molecular complexity index is 219. The molecule has 0 unspecified atom stereocenters. The Hall–Kier alpha value is -0.630. The number of piperidine rings is 1. The molecule has 1 aliphatic rings. The van der Waals surface area contributed by atoms with E-state index in [1.807, 2.05) is 0 Å². The van der Waals surface area contributed by atoms with E-state index < -0.39 is 0 Å². The van der Waals surface area contributed by atoms with Gasteiger partial charge in [0.25, 0.3) is 0 Å². The first-order chi connectivity index (χ1) is 7.76. The molecule has 0 aromatic carbocycles. The monoisotopic (exact) mass is 225 g/mol. The lowest BCUT2D eigenvalue weighted by Crippen LogP contribution is -2.39. The lowest BCUT2D eigenvalue weighted by atomic mass is 9.96. The SMILES string of the molecule is CN(CCC#N)CC1CCN(CCO)CC1. The third-order valence-electron chi connectivity index (χ3n) is 3.30. The molecular formula is C12H23N3O. The summed E-state index contributed by atoms with van der Waals surface area (Å²) in [5.74, 6) is 0.763. The molecule has 0 atom stereocenters. The van der Waals surface area contributed by atoms with E-state index in [4.69, 9.17) is 10.4 Å². The standard InChI is InChI=1S/C12H23N3O/c1-14(6-2-5-13)11-12-3-7-15(8-4-12)9-10-16/h12,16H,2-4,6-11H2,1H3. The second-order valence-corrected chi connectivity index (χ2v) is 4.68. The summed E-state index contributed by atoms with van der Waals surface area (Å²) >= 11 is 0. The van der Waals surface area contributed by atoms with Crippen LogP contribution in [0.5, 0.6) is 0 Å². The molecule has 1 heterocycles. The van der Waals surface area contributed by atoms with Crippen LogP contribution in [-0.4, -0.2) is 61.3 Å². The van der Waals surface area contributed by atoms with Gasteiger partial charge in [0.2, 0.25) is 0 Å². The molecule has 0 spiro atoms. The van der Waals surface area contributed by atoms with Crippen molar-refractivity contribution in [1.29, 1.82) is 5.26 Å². The molecule has 1 aliphatic heterocycles. The third kappa shape index (κ3) is 4.93. The zero-order chi connectivity index (χ0) is 11.8. The van der Waals surface area contributed by atoms with Crippen LogP contribution in [0.4, 0.5) is 0 Å². The predicted octanol–water partition coefficient (Wildman–Crippen LogP) is 0.536. The molecule has 1 N–H and O–H groups in total. The van der Waals surface area contributed by atoms with E-state index in [1.165, 1.54) is 12.8 Å². The summed E-state index contributed by atoms with van der Waals surface area (Å²) in [5.41, 5.74) is 0. The minimum atomic E-state index is 0.271. The first-order valence-electron chi connectivity index (χ1n) is 6.15. The van der Waals surface area contributed by atoms with Crippen LogP contribution < -0.4 is 0 Å². The quantitative estimate of drug-likeness (QED) is 0.716. The molecule has 92 valence electrons. The maximum Gasteiger partial charge on any atom is 0.0635 e. The molecule has 0 aromatic rings. The minimum absolute atomic E-state index is 0.271. The normalized spacial score (nSPS) is 18.9. The van der Waals surface area contributed by atoms with Crippen LogP contribution in [0, 0.1) is 17.2 Å². The third-order valence-corrected chi connectivity index (χ3v) is 3.30. The molecule has 0 radical (unpaired) electrons. The van der Waals surface area contributed by atoms with Crippen LogP contribution in [0.2, 0.25) is 0 Å². The van der Waals surface area contributed by atoms with Crippen molar-refractivity contribution in [3.8, 4) is 6.07 Å². The second kappa shape index (κ2) is 7.61. The molecule has 0 amide bonds. The average Bonchev–Trinajstić information content (AvgIpc) is 2.29. The molecule has 0 aromatic heterocycles. The van der Waals surface area contributed by atoms with Crippen LogP contribution in [0.1, 0.15) is 19.3 Å². The topological polar surface area (TPSA) is 50.5 Å². The van der Waals surface area contributed by atoms with Crippen LogP contribution >= 0.6 is 0 Å². The van der Waals surface area contributed by atoms with Gasteiger partial charge in [0.05, 0.1) is 12.7 Å². The van der Waals surface area contributed by atoms with Gasteiger partial charge in [0.15, 0.2) is 0 Å². The Kier molecular flexibility index (Phi) is 6.39. The maximum atomic E-state index is 8.85. The number of nitrogens with zero attached hydrogens (tertiary/aromatic N) is 3. The summed E-state index contributed by atoms with van der Waals surface area (Å²) in [6.45, 7) is 5.29. The van der Waals surface area contributed by atoms with Crippen molar-refractivity contribution in [2.45, 2.75) is 19.3 Å². The van der Waals surface area contributed by atoms with E-state index in [2.05, 4.69) is 22.9 Å². The summed E-state index contributed by atoms with van der Waals surface area (Å²) in [6.07, 6.45) is 3.06. The second-order valence-electron chi connectivity index (χ2n) is 4.68. The van der Waals surface area contributed by atoms with Crippen LogP contribution in [0.3, 0.4) is 0 Å². The predicted molar refractivity (Wildman–Crippen MR) is 64.0 cm³/mol. The Balaban J connectivity index is 2.14. The number of aliphatic hydroxyl groups is 1. The molecule has 1 saturated heterocycles. The Labute approximate surface area is 98.5 Å².